The van der Waals surface area contributed by atoms with Gasteiger partial charge in [0, 0.05) is 6.07 Å². The number of benzene rings is 2. The lowest BCUT2D eigenvalue weighted by Gasteiger charge is -2.08. The van der Waals surface area contributed by atoms with Gasteiger partial charge in [-0.2, -0.15) is 0 Å². The Kier molecular flexibility index (Phi) is 5.51. The number of para-hydroxylation sites is 3. The second-order valence-corrected chi connectivity index (χ2v) is 6.33. The number of rotatable bonds is 6. The van der Waals surface area contributed by atoms with Crippen LogP contribution in [-0.4, -0.2) is 38.7 Å². The molecule has 0 aliphatic carbocycles. The molecule has 0 radical (unpaired) electrons. The molecule has 0 atom stereocenters. The molecule has 2 aromatic carbocycles. The molecule has 0 aliphatic rings. The minimum absolute atomic E-state index is 0.0265. The van der Waals surface area contributed by atoms with E-state index in [0.717, 1.165) is 11.8 Å². The van der Waals surface area contributed by atoms with Gasteiger partial charge in [-0.05, 0) is 25.1 Å². The second-order valence-electron chi connectivity index (χ2n) is 5.39. The lowest BCUT2D eigenvalue weighted by atomic mass is 10.1. The van der Waals surface area contributed by atoms with Crippen LogP contribution in [0.5, 0.6) is 0 Å². The van der Waals surface area contributed by atoms with Crippen LogP contribution < -0.4 is 0 Å². The van der Waals surface area contributed by atoms with E-state index in [9.17, 15) is 19.7 Å². The molecule has 3 rings (SSSR count). The summed E-state index contributed by atoms with van der Waals surface area (Å²) >= 11 is 1.04. The largest absolute Gasteiger partial charge is 0.465 e. The van der Waals surface area contributed by atoms with Crippen LogP contribution >= 0.6 is 11.8 Å². The number of nitro groups is 1. The number of imidazole rings is 1. The quantitative estimate of drug-likeness (QED) is 0.277. The van der Waals surface area contributed by atoms with Gasteiger partial charge in [-0.15, -0.1) is 0 Å². The molecule has 9 heteroatoms. The smallest absolute Gasteiger partial charge is 0.316 e. The Balaban J connectivity index is 2.07. The minimum Gasteiger partial charge on any atom is -0.465 e. The summed E-state index contributed by atoms with van der Waals surface area (Å²) < 4.78 is 6.20. The molecule has 0 amide bonds. The number of thioether (sulfide) groups is 1. The molecule has 1 heterocycles. The summed E-state index contributed by atoms with van der Waals surface area (Å²) in [5.74, 6) is -1.04. The van der Waals surface area contributed by atoms with Gasteiger partial charge in [0.1, 0.15) is 5.56 Å². The summed E-state index contributed by atoms with van der Waals surface area (Å²) in [5.41, 5.74) is 0.716. The Morgan fingerprint density at radius 2 is 1.89 bits per heavy atom. The summed E-state index contributed by atoms with van der Waals surface area (Å²) in [6.07, 6.45) is 0. The predicted octanol–water partition coefficient (Wildman–Crippen LogP) is 3.29. The van der Waals surface area contributed by atoms with Crippen molar-refractivity contribution in [3.05, 3.63) is 64.2 Å². The minimum atomic E-state index is -0.599. The fraction of sp³-hybridized carbons (Fsp3) is 0.167. The molecule has 0 saturated carbocycles. The molecular weight excluding hydrogens is 370 g/mol. The van der Waals surface area contributed by atoms with Crippen molar-refractivity contribution in [2.75, 3.05) is 12.4 Å². The highest BCUT2D eigenvalue weighted by atomic mass is 32.2. The van der Waals surface area contributed by atoms with E-state index in [-0.39, 0.29) is 28.8 Å². The highest BCUT2D eigenvalue weighted by Crippen LogP contribution is 2.27. The number of hydrogen-bond acceptors (Lipinski definition) is 7. The lowest BCUT2D eigenvalue weighted by Crippen LogP contribution is -2.16. The average molecular weight is 385 g/mol. The van der Waals surface area contributed by atoms with Crippen molar-refractivity contribution in [1.29, 1.82) is 0 Å². The summed E-state index contributed by atoms with van der Waals surface area (Å²) in [6, 6.07) is 12.7. The van der Waals surface area contributed by atoms with Crippen LogP contribution in [0, 0.1) is 10.1 Å². The first-order chi connectivity index (χ1) is 13.0. The Labute approximate surface area is 158 Å². The third-order valence-electron chi connectivity index (χ3n) is 3.69. The third kappa shape index (κ3) is 3.82. The van der Waals surface area contributed by atoms with Crippen LogP contribution in [0.1, 0.15) is 17.3 Å². The first kappa shape index (κ1) is 18.6. The highest BCUT2D eigenvalue weighted by molar-refractivity contribution is 7.99. The van der Waals surface area contributed by atoms with Crippen molar-refractivity contribution in [2.24, 2.45) is 0 Å². The number of hydrogen-bond donors (Lipinski definition) is 0. The Bertz CT molecular complexity index is 1030. The van der Waals surface area contributed by atoms with Gasteiger partial charge in [-0.1, -0.05) is 36.0 Å². The van der Waals surface area contributed by atoms with Crippen molar-refractivity contribution in [2.45, 2.75) is 12.1 Å². The third-order valence-corrected chi connectivity index (χ3v) is 4.60. The zero-order valence-corrected chi connectivity index (χ0v) is 15.1. The molecule has 1 aromatic heterocycles. The van der Waals surface area contributed by atoms with Crippen LogP contribution in [0.3, 0.4) is 0 Å². The summed E-state index contributed by atoms with van der Waals surface area (Å²) in [7, 11) is 0. The second kappa shape index (κ2) is 8.00. The van der Waals surface area contributed by atoms with Crippen LogP contribution in [0.2, 0.25) is 0 Å². The van der Waals surface area contributed by atoms with Gasteiger partial charge in [0.05, 0.1) is 28.3 Å². The van der Waals surface area contributed by atoms with E-state index in [4.69, 9.17) is 4.74 Å². The SMILES string of the molecule is CCOC(=O)CSc1nc2ccccc2n1C(=O)c1ccccc1[N+](=O)[O-]. The molecule has 8 nitrogen and oxygen atoms in total. The van der Waals surface area contributed by atoms with Gasteiger partial charge in [-0.25, -0.2) is 4.98 Å². The number of fused-ring (bicyclic) bond motifs is 1. The number of aromatic nitrogens is 2. The van der Waals surface area contributed by atoms with Crippen molar-refractivity contribution in [3.8, 4) is 0 Å². The van der Waals surface area contributed by atoms with E-state index < -0.39 is 16.8 Å². The van der Waals surface area contributed by atoms with E-state index in [2.05, 4.69) is 4.98 Å². The summed E-state index contributed by atoms with van der Waals surface area (Å²) in [6.45, 7) is 1.96. The molecule has 27 heavy (non-hydrogen) atoms. The average Bonchev–Trinajstić information content (AvgIpc) is 3.04. The van der Waals surface area contributed by atoms with Gasteiger partial charge in [0.2, 0.25) is 0 Å². The number of carbonyl (C=O) groups excluding carboxylic acids is 2. The molecule has 3 aromatic rings. The standard InChI is InChI=1S/C18H15N3O5S/c1-2-26-16(22)11-27-18-19-13-8-4-6-10-15(13)20(18)17(23)12-7-3-5-9-14(12)21(24)25/h3-10H,2,11H2,1H3. The van der Waals surface area contributed by atoms with E-state index in [1.54, 1.807) is 37.3 Å². The number of esters is 1. The Morgan fingerprint density at radius 3 is 2.63 bits per heavy atom. The first-order valence-electron chi connectivity index (χ1n) is 8.07. The Hall–Kier alpha value is -3.20. The topological polar surface area (TPSA) is 104 Å². The van der Waals surface area contributed by atoms with Crippen molar-refractivity contribution in [3.63, 3.8) is 0 Å². The Morgan fingerprint density at radius 1 is 1.19 bits per heavy atom. The maximum absolute atomic E-state index is 13.1. The van der Waals surface area contributed by atoms with Gasteiger partial charge in [-0.3, -0.25) is 24.3 Å². The van der Waals surface area contributed by atoms with Crippen LogP contribution in [0.25, 0.3) is 11.0 Å². The van der Waals surface area contributed by atoms with Gasteiger partial charge < -0.3 is 4.74 Å². The molecule has 0 spiro atoms. The molecule has 0 fully saturated rings. The number of carbonyl (C=O) groups is 2. The number of nitro benzene ring substituents is 1. The molecule has 0 aliphatic heterocycles. The lowest BCUT2D eigenvalue weighted by molar-refractivity contribution is -0.385. The number of nitrogens with zero attached hydrogens (tertiary/aromatic N) is 3. The number of ether oxygens (including phenoxy) is 1. The van der Waals surface area contributed by atoms with Crippen LogP contribution in [0.4, 0.5) is 5.69 Å². The zero-order valence-electron chi connectivity index (χ0n) is 14.3. The predicted molar refractivity (Wildman–Crippen MR) is 99.9 cm³/mol. The van der Waals surface area contributed by atoms with E-state index >= 15 is 0 Å². The molecule has 138 valence electrons. The highest BCUT2D eigenvalue weighted by Gasteiger charge is 2.25. The normalized spacial score (nSPS) is 10.7. The van der Waals surface area contributed by atoms with E-state index in [1.165, 1.54) is 22.8 Å². The summed E-state index contributed by atoms with van der Waals surface area (Å²) in [4.78, 5) is 39.9. The van der Waals surface area contributed by atoms with Crippen molar-refractivity contribution in [1.82, 2.24) is 9.55 Å². The summed E-state index contributed by atoms with van der Waals surface area (Å²) in [5, 5.41) is 11.6. The zero-order chi connectivity index (χ0) is 19.4. The fourth-order valence-corrected chi connectivity index (χ4v) is 3.36. The van der Waals surface area contributed by atoms with Gasteiger partial charge >= 0.3 is 5.97 Å². The van der Waals surface area contributed by atoms with Crippen molar-refractivity contribution < 1.29 is 19.2 Å². The van der Waals surface area contributed by atoms with E-state index in [1.807, 2.05) is 0 Å². The van der Waals surface area contributed by atoms with Gasteiger partial charge in [0.15, 0.2) is 5.16 Å². The van der Waals surface area contributed by atoms with Crippen LogP contribution in [0.15, 0.2) is 53.7 Å². The maximum Gasteiger partial charge on any atom is 0.316 e. The molecule has 0 N–H and O–H groups in total. The maximum atomic E-state index is 13.1. The first-order valence-corrected chi connectivity index (χ1v) is 9.05. The molecule has 0 unspecified atom stereocenters. The monoisotopic (exact) mass is 385 g/mol. The molecule has 0 saturated heterocycles. The fourth-order valence-electron chi connectivity index (χ4n) is 2.56. The van der Waals surface area contributed by atoms with Crippen LogP contribution in [-0.2, 0) is 9.53 Å². The van der Waals surface area contributed by atoms with E-state index in [0.29, 0.717) is 11.0 Å². The van der Waals surface area contributed by atoms with Crippen molar-refractivity contribution >= 4 is 40.4 Å². The van der Waals surface area contributed by atoms with Gasteiger partial charge in [0.25, 0.3) is 11.6 Å². The molecular formula is C18H15N3O5S. The molecule has 0 bridgehead atoms.